The van der Waals surface area contributed by atoms with Gasteiger partial charge in [-0.1, -0.05) is 55.3 Å². The molecule has 3 aromatic carbocycles. The Morgan fingerprint density at radius 1 is 0.968 bits per heavy atom. The van der Waals surface area contributed by atoms with E-state index < -0.39 is 0 Å². The van der Waals surface area contributed by atoms with Crippen molar-refractivity contribution in [2.45, 2.75) is 13.3 Å². The molecule has 0 aliphatic heterocycles. The number of amides is 2. The molecular weight excluding hydrogens is 388 g/mol. The van der Waals surface area contributed by atoms with Gasteiger partial charge < -0.3 is 10.1 Å². The summed E-state index contributed by atoms with van der Waals surface area (Å²) in [5.41, 5.74) is 3.70. The molecular formula is C25H22N4O2. The van der Waals surface area contributed by atoms with Crippen molar-refractivity contribution < 1.29 is 9.53 Å². The third-order valence-corrected chi connectivity index (χ3v) is 4.63. The van der Waals surface area contributed by atoms with Gasteiger partial charge in [-0.25, -0.2) is 4.79 Å². The Labute approximate surface area is 180 Å². The Balaban J connectivity index is 1.42. The maximum absolute atomic E-state index is 12.5. The van der Waals surface area contributed by atoms with Gasteiger partial charge in [-0.2, -0.15) is 5.10 Å². The highest BCUT2D eigenvalue weighted by atomic mass is 16.5. The van der Waals surface area contributed by atoms with Gasteiger partial charge in [-0.3, -0.25) is 10.4 Å². The number of H-pyrrole nitrogens is 1. The SMILES string of the molecule is CCC#CCOc1ccc2[nH]nc(NC(=O)Nc3ccc(-c4ccccc4)cc3)c2c1. The van der Waals surface area contributed by atoms with Crippen LogP contribution in [0, 0.1) is 11.8 Å². The quantitative estimate of drug-likeness (QED) is 0.371. The predicted molar refractivity (Wildman–Crippen MR) is 124 cm³/mol. The fraction of sp³-hybridized carbons (Fsp3) is 0.120. The number of aromatic amines is 1. The second-order valence-electron chi connectivity index (χ2n) is 6.80. The lowest BCUT2D eigenvalue weighted by Crippen LogP contribution is -2.19. The van der Waals surface area contributed by atoms with E-state index in [1.165, 1.54) is 0 Å². The van der Waals surface area contributed by atoms with Gasteiger partial charge in [-0.15, -0.1) is 5.92 Å². The van der Waals surface area contributed by atoms with E-state index in [4.69, 9.17) is 4.74 Å². The molecule has 1 aromatic heterocycles. The van der Waals surface area contributed by atoms with Crippen LogP contribution in [0.25, 0.3) is 22.0 Å². The van der Waals surface area contributed by atoms with Crippen LogP contribution in [-0.4, -0.2) is 22.8 Å². The Kier molecular flexibility index (Phi) is 6.15. The summed E-state index contributed by atoms with van der Waals surface area (Å²) in [7, 11) is 0. The Morgan fingerprint density at radius 3 is 2.52 bits per heavy atom. The van der Waals surface area contributed by atoms with Crippen LogP contribution in [0.2, 0.25) is 0 Å². The Morgan fingerprint density at radius 2 is 1.74 bits per heavy atom. The molecule has 31 heavy (non-hydrogen) atoms. The largest absolute Gasteiger partial charge is 0.481 e. The van der Waals surface area contributed by atoms with Crippen molar-refractivity contribution in [3.8, 4) is 28.7 Å². The van der Waals surface area contributed by atoms with Crippen molar-refractivity contribution in [3.05, 3.63) is 72.8 Å². The van der Waals surface area contributed by atoms with E-state index in [0.29, 0.717) is 23.9 Å². The van der Waals surface area contributed by atoms with Crippen LogP contribution in [0.4, 0.5) is 16.3 Å². The number of hydrogen-bond donors (Lipinski definition) is 3. The van der Waals surface area contributed by atoms with Gasteiger partial charge in [0.05, 0.1) is 5.52 Å². The molecule has 0 fully saturated rings. The van der Waals surface area contributed by atoms with E-state index in [1.54, 1.807) is 0 Å². The summed E-state index contributed by atoms with van der Waals surface area (Å²) >= 11 is 0. The third-order valence-electron chi connectivity index (χ3n) is 4.63. The first-order valence-corrected chi connectivity index (χ1v) is 10.0. The van der Waals surface area contributed by atoms with Gasteiger partial charge in [0, 0.05) is 17.5 Å². The minimum atomic E-state index is -0.374. The van der Waals surface area contributed by atoms with E-state index in [0.717, 1.165) is 28.5 Å². The average molecular weight is 410 g/mol. The number of carbonyl (C=O) groups is 1. The first kappa shape index (κ1) is 20.0. The summed E-state index contributed by atoms with van der Waals surface area (Å²) < 4.78 is 5.65. The van der Waals surface area contributed by atoms with Crippen LogP contribution in [-0.2, 0) is 0 Å². The van der Waals surface area contributed by atoms with Crippen molar-refractivity contribution >= 4 is 28.4 Å². The number of rotatable bonds is 5. The summed E-state index contributed by atoms with van der Waals surface area (Å²) in [5.74, 6) is 7.00. The van der Waals surface area contributed by atoms with Gasteiger partial charge in [-0.05, 0) is 41.5 Å². The monoisotopic (exact) mass is 410 g/mol. The molecule has 0 bridgehead atoms. The zero-order valence-corrected chi connectivity index (χ0v) is 17.1. The maximum Gasteiger partial charge on any atom is 0.324 e. The van der Waals surface area contributed by atoms with Crippen LogP contribution >= 0.6 is 0 Å². The van der Waals surface area contributed by atoms with Crippen LogP contribution in [0.1, 0.15) is 13.3 Å². The second kappa shape index (κ2) is 9.51. The van der Waals surface area contributed by atoms with E-state index in [9.17, 15) is 4.79 Å². The van der Waals surface area contributed by atoms with Crippen LogP contribution < -0.4 is 15.4 Å². The lowest BCUT2D eigenvalue weighted by molar-refractivity contribution is 0.262. The molecule has 0 aliphatic rings. The number of anilines is 2. The van der Waals surface area contributed by atoms with Crippen molar-refractivity contribution in [1.82, 2.24) is 10.2 Å². The molecule has 0 atom stereocenters. The number of aromatic nitrogens is 2. The molecule has 3 N–H and O–H groups in total. The number of benzene rings is 3. The maximum atomic E-state index is 12.5. The van der Waals surface area contributed by atoms with Crippen molar-refractivity contribution in [1.29, 1.82) is 0 Å². The van der Waals surface area contributed by atoms with Gasteiger partial charge in [0.2, 0.25) is 0 Å². The number of fused-ring (bicyclic) bond motifs is 1. The number of nitrogens with zero attached hydrogens (tertiary/aromatic N) is 1. The average Bonchev–Trinajstić information content (AvgIpc) is 3.19. The molecule has 154 valence electrons. The van der Waals surface area contributed by atoms with Crippen LogP contribution in [0.3, 0.4) is 0 Å². The molecule has 0 spiro atoms. The lowest BCUT2D eigenvalue weighted by Gasteiger charge is -2.08. The molecule has 4 aromatic rings. The summed E-state index contributed by atoms with van der Waals surface area (Å²) in [4.78, 5) is 12.5. The summed E-state index contributed by atoms with van der Waals surface area (Å²) in [5, 5.41) is 13.5. The van der Waals surface area contributed by atoms with Crippen molar-refractivity contribution in [3.63, 3.8) is 0 Å². The normalized spacial score (nSPS) is 10.2. The summed E-state index contributed by atoms with van der Waals surface area (Å²) in [6.45, 7) is 2.31. The van der Waals surface area contributed by atoms with E-state index in [1.807, 2.05) is 79.7 Å². The summed E-state index contributed by atoms with van der Waals surface area (Å²) in [6.07, 6.45) is 0.794. The number of carbonyl (C=O) groups excluding carboxylic acids is 1. The second-order valence-corrected chi connectivity index (χ2v) is 6.80. The minimum Gasteiger partial charge on any atom is -0.481 e. The third kappa shape index (κ3) is 5.03. The molecule has 0 aliphatic carbocycles. The standard InChI is InChI=1S/C25H22N4O2/c1-2-3-7-16-31-21-14-15-23-22(17-21)24(29-28-23)27-25(30)26-20-12-10-19(11-13-20)18-8-5-4-6-9-18/h4-6,8-15,17H,2,16H2,1H3,(H3,26,27,28,29,30). The summed E-state index contributed by atoms with van der Waals surface area (Å²) in [6, 6.07) is 22.9. The predicted octanol–water partition coefficient (Wildman–Crippen LogP) is 5.67. The van der Waals surface area contributed by atoms with E-state index in [2.05, 4.69) is 32.7 Å². The first-order chi connectivity index (χ1) is 15.2. The molecule has 6 heteroatoms. The van der Waals surface area contributed by atoms with E-state index in [-0.39, 0.29) is 6.03 Å². The zero-order chi connectivity index (χ0) is 21.5. The first-order valence-electron chi connectivity index (χ1n) is 10.0. The fourth-order valence-electron chi connectivity index (χ4n) is 3.12. The minimum absolute atomic E-state index is 0.319. The van der Waals surface area contributed by atoms with Crippen LogP contribution in [0.5, 0.6) is 5.75 Å². The number of urea groups is 1. The number of ether oxygens (including phenoxy) is 1. The highest BCUT2D eigenvalue weighted by Crippen LogP contribution is 2.26. The highest BCUT2D eigenvalue weighted by Gasteiger charge is 2.11. The molecule has 0 saturated carbocycles. The van der Waals surface area contributed by atoms with Crippen LogP contribution in [0.15, 0.2) is 72.8 Å². The topological polar surface area (TPSA) is 79.0 Å². The molecule has 2 amide bonds. The van der Waals surface area contributed by atoms with Gasteiger partial charge in [0.25, 0.3) is 0 Å². The highest BCUT2D eigenvalue weighted by molar-refractivity contribution is 6.04. The van der Waals surface area contributed by atoms with E-state index >= 15 is 0 Å². The van der Waals surface area contributed by atoms with Gasteiger partial charge in [0.15, 0.2) is 5.82 Å². The number of hydrogen-bond acceptors (Lipinski definition) is 3. The van der Waals surface area contributed by atoms with Gasteiger partial charge in [0.1, 0.15) is 12.4 Å². The Bertz CT molecular complexity index is 1240. The van der Waals surface area contributed by atoms with Gasteiger partial charge >= 0.3 is 6.03 Å². The van der Waals surface area contributed by atoms with Crippen molar-refractivity contribution in [2.75, 3.05) is 17.2 Å². The molecule has 6 nitrogen and oxygen atoms in total. The molecule has 0 saturated heterocycles. The number of nitrogens with one attached hydrogen (secondary N) is 3. The fourth-order valence-corrected chi connectivity index (χ4v) is 3.12. The molecule has 0 radical (unpaired) electrons. The molecule has 4 rings (SSSR count). The molecule has 1 heterocycles. The smallest absolute Gasteiger partial charge is 0.324 e. The van der Waals surface area contributed by atoms with Crippen molar-refractivity contribution in [2.24, 2.45) is 0 Å². The zero-order valence-electron chi connectivity index (χ0n) is 17.1. The lowest BCUT2D eigenvalue weighted by atomic mass is 10.1. The molecule has 0 unspecified atom stereocenters. The Hall–Kier alpha value is -4.24.